The summed E-state index contributed by atoms with van der Waals surface area (Å²) in [5.74, 6) is -0.830. The summed E-state index contributed by atoms with van der Waals surface area (Å²) in [6, 6.07) is 14.2. The van der Waals surface area contributed by atoms with E-state index in [4.69, 9.17) is 4.74 Å². The third-order valence-corrected chi connectivity index (χ3v) is 5.36. The second kappa shape index (κ2) is 7.56. The molecule has 28 heavy (non-hydrogen) atoms. The van der Waals surface area contributed by atoms with Gasteiger partial charge in [-0.3, -0.25) is 14.5 Å². The molecule has 0 saturated carbocycles. The summed E-state index contributed by atoms with van der Waals surface area (Å²) < 4.78 is 4.97. The summed E-state index contributed by atoms with van der Waals surface area (Å²) in [5.41, 5.74) is 3.41. The van der Waals surface area contributed by atoms with E-state index in [0.717, 1.165) is 13.0 Å². The van der Waals surface area contributed by atoms with Gasteiger partial charge >= 0.3 is 5.97 Å². The lowest BCUT2D eigenvalue weighted by Crippen LogP contribution is -2.44. The van der Waals surface area contributed by atoms with Crippen LogP contribution in [0.3, 0.4) is 0 Å². The van der Waals surface area contributed by atoms with E-state index in [2.05, 4.69) is 17.0 Å². The standard InChI is InChI=1S/C22H22N2O4/c1-2-28-22(27)16-7-9-18(10-8-16)24-20(25)13-19(21(24)26)23-12-11-15-5-3-4-6-17(15)14-23/h3-10,19H,2,11-14H2,1H3/t19-/m1/s1. The van der Waals surface area contributed by atoms with Crippen LogP contribution in [-0.4, -0.2) is 41.9 Å². The molecule has 4 rings (SSSR count). The number of carbonyl (C=O) groups is 3. The highest BCUT2D eigenvalue weighted by molar-refractivity contribution is 6.22. The lowest BCUT2D eigenvalue weighted by atomic mass is 9.98. The molecule has 6 nitrogen and oxygen atoms in total. The van der Waals surface area contributed by atoms with Crippen molar-refractivity contribution in [1.29, 1.82) is 0 Å². The molecule has 1 saturated heterocycles. The van der Waals surface area contributed by atoms with E-state index in [1.165, 1.54) is 16.0 Å². The minimum absolute atomic E-state index is 0.181. The Labute approximate surface area is 163 Å². The van der Waals surface area contributed by atoms with Gasteiger partial charge in [0, 0.05) is 13.1 Å². The van der Waals surface area contributed by atoms with Crippen LogP contribution < -0.4 is 4.90 Å². The van der Waals surface area contributed by atoms with Gasteiger partial charge in [0.05, 0.1) is 30.3 Å². The highest BCUT2D eigenvalue weighted by atomic mass is 16.5. The van der Waals surface area contributed by atoms with E-state index in [-0.39, 0.29) is 18.2 Å². The number of nitrogens with zero attached hydrogens (tertiary/aromatic N) is 2. The van der Waals surface area contributed by atoms with E-state index >= 15 is 0 Å². The zero-order chi connectivity index (χ0) is 19.7. The van der Waals surface area contributed by atoms with Crippen molar-refractivity contribution < 1.29 is 19.1 Å². The summed E-state index contributed by atoms with van der Waals surface area (Å²) in [6.07, 6.45) is 1.06. The highest BCUT2D eigenvalue weighted by Gasteiger charge is 2.43. The van der Waals surface area contributed by atoms with Crippen molar-refractivity contribution in [2.45, 2.75) is 32.4 Å². The molecule has 0 N–H and O–H groups in total. The van der Waals surface area contributed by atoms with Crippen molar-refractivity contribution in [1.82, 2.24) is 4.90 Å². The SMILES string of the molecule is CCOC(=O)c1ccc(N2C(=O)C[C@@H](N3CCc4ccccc4C3)C2=O)cc1. The summed E-state index contributed by atoms with van der Waals surface area (Å²) in [7, 11) is 0. The zero-order valence-corrected chi connectivity index (χ0v) is 15.8. The lowest BCUT2D eigenvalue weighted by Gasteiger charge is -2.32. The summed E-state index contributed by atoms with van der Waals surface area (Å²) >= 11 is 0. The summed E-state index contributed by atoms with van der Waals surface area (Å²) in [4.78, 5) is 40.7. The topological polar surface area (TPSA) is 66.9 Å². The number of imide groups is 1. The van der Waals surface area contributed by atoms with Crippen molar-refractivity contribution in [3.05, 3.63) is 65.2 Å². The number of amides is 2. The van der Waals surface area contributed by atoms with Gasteiger partial charge in [-0.05, 0) is 48.7 Å². The molecule has 0 bridgehead atoms. The molecule has 2 aromatic rings. The van der Waals surface area contributed by atoms with Crippen molar-refractivity contribution in [3.8, 4) is 0 Å². The van der Waals surface area contributed by atoms with Gasteiger partial charge < -0.3 is 4.74 Å². The first-order chi connectivity index (χ1) is 13.6. The van der Waals surface area contributed by atoms with Crippen LogP contribution in [0.2, 0.25) is 0 Å². The molecule has 2 aliphatic heterocycles. The number of fused-ring (bicyclic) bond motifs is 1. The zero-order valence-electron chi connectivity index (χ0n) is 15.8. The van der Waals surface area contributed by atoms with Crippen LogP contribution in [0.5, 0.6) is 0 Å². The first-order valence-corrected chi connectivity index (χ1v) is 9.53. The Kier molecular flexibility index (Phi) is 4.96. The third kappa shape index (κ3) is 3.31. The molecule has 2 aliphatic rings. The van der Waals surface area contributed by atoms with Crippen molar-refractivity contribution >= 4 is 23.5 Å². The maximum Gasteiger partial charge on any atom is 0.338 e. The normalized spacial score (nSPS) is 19.6. The number of esters is 1. The lowest BCUT2D eigenvalue weighted by molar-refractivity contribution is -0.123. The van der Waals surface area contributed by atoms with Gasteiger partial charge in [-0.15, -0.1) is 0 Å². The van der Waals surface area contributed by atoms with Crippen molar-refractivity contribution in [2.24, 2.45) is 0 Å². The first-order valence-electron chi connectivity index (χ1n) is 9.53. The van der Waals surface area contributed by atoms with E-state index < -0.39 is 12.0 Å². The fourth-order valence-electron chi connectivity index (χ4n) is 3.92. The molecule has 2 aromatic carbocycles. The number of anilines is 1. The van der Waals surface area contributed by atoms with Crippen LogP contribution in [0, 0.1) is 0 Å². The molecule has 6 heteroatoms. The first kappa shape index (κ1) is 18.4. The molecule has 2 heterocycles. The molecule has 144 valence electrons. The molecular formula is C22H22N2O4. The van der Waals surface area contributed by atoms with E-state index in [1.54, 1.807) is 31.2 Å². The molecule has 0 aromatic heterocycles. The Morgan fingerprint density at radius 1 is 1.07 bits per heavy atom. The Bertz CT molecular complexity index is 922. The number of ether oxygens (including phenoxy) is 1. The average molecular weight is 378 g/mol. The molecule has 1 atom stereocenters. The quantitative estimate of drug-likeness (QED) is 0.604. The molecule has 0 aliphatic carbocycles. The monoisotopic (exact) mass is 378 g/mol. The smallest absolute Gasteiger partial charge is 0.338 e. The van der Waals surface area contributed by atoms with E-state index in [1.807, 2.05) is 12.1 Å². The number of benzene rings is 2. The van der Waals surface area contributed by atoms with Gasteiger partial charge in [0.15, 0.2) is 0 Å². The second-order valence-corrected chi connectivity index (χ2v) is 7.04. The minimum Gasteiger partial charge on any atom is -0.462 e. The van der Waals surface area contributed by atoms with Crippen LogP contribution in [0.4, 0.5) is 5.69 Å². The Morgan fingerprint density at radius 3 is 2.50 bits per heavy atom. The van der Waals surface area contributed by atoms with Gasteiger partial charge in [-0.1, -0.05) is 24.3 Å². The van der Waals surface area contributed by atoms with Crippen molar-refractivity contribution in [3.63, 3.8) is 0 Å². The van der Waals surface area contributed by atoms with Crippen LogP contribution in [0.1, 0.15) is 34.8 Å². The van der Waals surface area contributed by atoms with Gasteiger partial charge in [0.2, 0.25) is 5.91 Å². The number of hydrogen-bond donors (Lipinski definition) is 0. The molecular weight excluding hydrogens is 356 g/mol. The predicted octanol–water partition coefficient (Wildman–Crippen LogP) is 2.55. The van der Waals surface area contributed by atoms with Crippen LogP contribution in [0.25, 0.3) is 0 Å². The molecule has 0 radical (unpaired) electrons. The minimum atomic E-state index is -0.439. The number of rotatable bonds is 4. The Balaban J connectivity index is 1.51. The van der Waals surface area contributed by atoms with Gasteiger partial charge in [0.1, 0.15) is 0 Å². The van der Waals surface area contributed by atoms with Gasteiger partial charge in [-0.25, -0.2) is 9.69 Å². The van der Waals surface area contributed by atoms with E-state index in [9.17, 15) is 14.4 Å². The van der Waals surface area contributed by atoms with Gasteiger partial charge in [0.25, 0.3) is 5.91 Å². The molecule has 1 fully saturated rings. The average Bonchev–Trinajstić information content (AvgIpc) is 3.02. The molecule has 0 spiro atoms. The van der Waals surface area contributed by atoms with Crippen LogP contribution in [-0.2, 0) is 27.3 Å². The van der Waals surface area contributed by atoms with E-state index in [0.29, 0.717) is 24.4 Å². The Morgan fingerprint density at radius 2 is 1.79 bits per heavy atom. The predicted molar refractivity (Wildman–Crippen MR) is 104 cm³/mol. The van der Waals surface area contributed by atoms with Crippen molar-refractivity contribution in [2.75, 3.05) is 18.1 Å². The maximum atomic E-state index is 13.0. The third-order valence-electron chi connectivity index (χ3n) is 5.36. The summed E-state index contributed by atoms with van der Waals surface area (Å²) in [5, 5.41) is 0. The maximum absolute atomic E-state index is 13.0. The fourth-order valence-corrected chi connectivity index (χ4v) is 3.92. The number of carbonyl (C=O) groups excluding carboxylic acids is 3. The van der Waals surface area contributed by atoms with Crippen LogP contribution in [0.15, 0.2) is 48.5 Å². The van der Waals surface area contributed by atoms with Gasteiger partial charge in [-0.2, -0.15) is 0 Å². The summed E-state index contributed by atoms with van der Waals surface area (Å²) in [6.45, 7) is 3.48. The Hall–Kier alpha value is -2.99. The highest BCUT2D eigenvalue weighted by Crippen LogP contribution is 2.29. The van der Waals surface area contributed by atoms with Crippen LogP contribution >= 0.6 is 0 Å². The largest absolute Gasteiger partial charge is 0.462 e. The molecule has 0 unspecified atom stereocenters. The fraction of sp³-hybridized carbons (Fsp3) is 0.318. The number of hydrogen-bond acceptors (Lipinski definition) is 5. The second-order valence-electron chi connectivity index (χ2n) is 7.04. The molecule has 2 amide bonds.